The molecule has 0 heterocycles. The SMILES string of the molecule is C=COCCC(=O)NN. The fourth-order valence-electron chi connectivity index (χ4n) is 0.307. The normalized spacial score (nSPS) is 8.11. The molecular formula is C5H10N2O2. The number of hydrogen-bond acceptors (Lipinski definition) is 3. The molecule has 0 atom stereocenters. The van der Waals surface area contributed by atoms with Crippen molar-refractivity contribution >= 4 is 5.91 Å². The number of nitrogens with one attached hydrogen (secondary N) is 1. The van der Waals surface area contributed by atoms with E-state index in [4.69, 9.17) is 5.84 Å². The molecule has 0 bridgehead atoms. The van der Waals surface area contributed by atoms with Crippen LogP contribution in [0.3, 0.4) is 0 Å². The third-order valence-electron chi connectivity index (χ3n) is 0.726. The van der Waals surface area contributed by atoms with E-state index in [1.165, 1.54) is 6.26 Å². The Morgan fingerprint density at radius 2 is 2.56 bits per heavy atom. The van der Waals surface area contributed by atoms with E-state index in [-0.39, 0.29) is 12.3 Å². The Labute approximate surface area is 53.6 Å². The highest BCUT2D eigenvalue weighted by Gasteiger charge is 1.94. The molecule has 0 unspecified atom stereocenters. The van der Waals surface area contributed by atoms with E-state index in [2.05, 4.69) is 11.3 Å². The van der Waals surface area contributed by atoms with Gasteiger partial charge in [-0.1, -0.05) is 6.58 Å². The number of amides is 1. The average molecular weight is 130 g/mol. The minimum Gasteiger partial charge on any atom is -0.501 e. The Kier molecular flexibility index (Phi) is 4.53. The zero-order valence-electron chi connectivity index (χ0n) is 5.09. The van der Waals surface area contributed by atoms with Gasteiger partial charge in [0.05, 0.1) is 19.3 Å². The van der Waals surface area contributed by atoms with E-state index >= 15 is 0 Å². The van der Waals surface area contributed by atoms with Gasteiger partial charge in [0.1, 0.15) is 0 Å². The maximum atomic E-state index is 10.3. The largest absolute Gasteiger partial charge is 0.501 e. The lowest BCUT2D eigenvalue weighted by molar-refractivity contribution is -0.121. The maximum absolute atomic E-state index is 10.3. The molecule has 0 fully saturated rings. The van der Waals surface area contributed by atoms with Crippen LogP contribution in [-0.2, 0) is 9.53 Å². The maximum Gasteiger partial charge on any atom is 0.237 e. The molecule has 0 spiro atoms. The first-order valence-corrected chi connectivity index (χ1v) is 2.53. The van der Waals surface area contributed by atoms with Gasteiger partial charge in [-0.15, -0.1) is 0 Å². The third-order valence-corrected chi connectivity index (χ3v) is 0.726. The lowest BCUT2D eigenvalue weighted by Gasteiger charge is -1.97. The summed E-state index contributed by atoms with van der Waals surface area (Å²) in [5, 5.41) is 0. The Morgan fingerprint density at radius 1 is 1.89 bits per heavy atom. The first-order chi connectivity index (χ1) is 4.31. The second-order valence-electron chi connectivity index (χ2n) is 1.35. The topological polar surface area (TPSA) is 64.3 Å². The van der Waals surface area contributed by atoms with Crippen molar-refractivity contribution in [1.29, 1.82) is 0 Å². The summed E-state index contributed by atoms with van der Waals surface area (Å²) in [6, 6.07) is 0. The Morgan fingerprint density at radius 3 is 3.00 bits per heavy atom. The molecule has 0 saturated heterocycles. The Hall–Kier alpha value is -1.03. The van der Waals surface area contributed by atoms with Crippen molar-refractivity contribution < 1.29 is 9.53 Å². The van der Waals surface area contributed by atoms with Gasteiger partial charge in [-0.3, -0.25) is 10.2 Å². The van der Waals surface area contributed by atoms with Gasteiger partial charge in [0.15, 0.2) is 0 Å². The first-order valence-electron chi connectivity index (χ1n) is 2.53. The summed E-state index contributed by atoms with van der Waals surface area (Å²) >= 11 is 0. The monoisotopic (exact) mass is 130 g/mol. The summed E-state index contributed by atoms with van der Waals surface area (Å²) in [5.41, 5.74) is 1.97. The zero-order valence-corrected chi connectivity index (χ0v) is 5.09. The molecular weight excluding hydrogens is 120 g/mol. The van der Waals surface area contributed by atoms with Gasteiger partial charge in [0.25, 0.3) is 0 Å². The highest BCUT2D eigenvalue weighted by atomic mass is 16.5. The molecule has 52 valence electrons. The molecule has 9 heavy (non-hydrogen) atoms. The van der Waals surface area contributed by atoms with E-state index in [1.807, 2.05) is 5.43 Å². The number of hydrazine groups is 1. The predicted octanol–water partition coefficient (Wildman–Crippen LogP) is -0.474. The van der Waals surface area contributed by atoms with E-state index in [9.17, 15) is 4.79 Å². The summed E-state index contributed by atoms with van der Waals surface area (Å²) in [6.45, 7) is 3.62. The summed E-state index contributed by atoms with van der Waals surface area (Å²) in [5.74, 6) is 4.53. The van der Waals surface area contributed by atoms with Crippen LogP contribution in [0.2, 0.25) is 0 Å². The molecule has 0 aromatic carbocycles. The molecule has 0 aliphatic heterocycles. The van der Waals surface area contributed by atoms with Gasteiger partial charge in [-0.05, 0) is 0 Å². The second-order valence-corrected chi connectivity index (χ2v) is 1.35. The van der Waals surface area contributed by atoms with Crippen molar-refractivity contribution in [3.8, 4) is 0 Å². The number of rotatable bonds is 4. The van der Waals surface area contributed by atoms with Crippen molar-refractivity contribution in [2.75, 3.05) is 6.61 Å². The average Bonchev–Trinajstić information content (AvgIpc) is 1.89. The molecule has 0 aromatic heterocycles. The van der Waals surface area contributed by atoms with Crippen LogP contribution in [0, 0.1) is 0 Å². The van der Waals surface area contributed by atoms with Crippen molar-refractivity contribution in [1.82, 2.24) is 5.43 Å². The quantitative estimate of drug-likeness (QED) is 0.178. The van der Waals surface area contributed by atoms with Gasteiger partial charge >= 0.3 is 0 Å². The summed E-state index contributed by atoms with van der Waals surface area (Å²) in [4.78, 5) is 10.3. The molecule has 3 N–H and O–H groups in total. The van der Waals surface area contributed by atoms with Crippen LogP contribution < -0.4 is 11.3 Å². The van der Waals surface area contributed by atoms with Crippen molar-refractivity contribution in [3.05, 3.63) is 12.8 Å². The molecule has 1 amide bonds. The molecule has 0 saturated carbocycles. The highest BCUT2D eigenvalue weighted by molar-refractivity contribution is 5.75. The molecule has 0 aliphatic carbocycles. The molecule has 0 radical (unpaired) electrons. The minimum atomic E-state index is -0.239. The predicted molar refractivity (Wildman–Crippen MR) is 33.1 cm³/mol. The molecule has 0 aliphatic rings. The third kappa shape index (κ3) is 4.83. The first kappa shape index (κ1) is 7.97. The lowest BCUT2D eigenvalue weighted by Crippen LogP contribution is -2.30. The fraction of sp³-hybridized carbons (Fsp3) is 0.400. The lowest BCUT2D eigenvalue weighted by atomic mass is 10.4. The van der Waals surface area contributed by atoms with E-state index in [0.29, 0.717) is 6.61 Å². The van der Waals surface area contributed by atoms with Crippen molar-refractivity contribution in [2.45, 2.75) is 6.42 Å². The smallest absolute Gasteiger partial charge is 0.237 e. The number of hydrogen-bond donors (Lipinski definition) is 2. The summed E-state index contributed by atoms with van der Waals surface area (Å²) in [6.07, 6.45) is 1.55. The molecule has 0 rings (SSSR count). The fourth-order valence-corrected chi connectivity index (χ4v) is 0.307. The highest BCUT2D eigenvalue weighted by Crippen LogP contribution is 1.80. The van der Waals surface area contributed by atoms with Crippen LogP contribution in [0.4, 0.5) is 0 Å². The van der Waals surface area contributed by atoms with Gasteiger partial charge in [-0.2, -0.15) is 0 Å². The van der Waals surface area contributed by atoms with Crippen molar-refractivity contribution in [2.24, 2.45) is 5.84 Å². The van der Waals surface area contributed by atoms with Crippen molar-refractivity contribution in [3.63, 3.8) is 0 Å². The minimum absolute atomic E-state index is 0.239. The van der Waals surface area contributed by atoms with Gasteiger partial charge in [0, 0.05) is 0 Å². The van der Waals surface area contributed by atoms with Gasteiger partial charge < -0.3 is 4.74 Å². The van der Waals surface area contributed by atoms with E-state index in [1.54, 1.807) is 0 Å². The van der Waals surface area contributed by atoms with Gasteiger partial charge in [-0.25, -0.2) is 5.84 Å². The van der Waals surface area contributed by atoms with Crippen LogP contribution in [0.1, 0.15) is 6.42 Å². The van der Waals surface area contributed by atoms with Gasteiger partial charge in [0.2, 0.25) is 5.91 Å². The Bertz CT molecular complexity index is 103. The zero-order chi connectivity index (χ0) is 7.11. The number of carbonyl (C=O) groups is 1. The van der Waals surface area contributed by atoms with Crippen LogP contribution in [0.25, 0.3) is 0 Å². The van der Waals surface area contributed by atoms with Crippen LogP contribution in [-0.4, -0.2) is 12.5 Å². The van der Waals surface area contributed by atoms with Crippen LogP contribution in [0.5, 0.6) is 0 Å². The molecule has 4 heteroatoms. The van der Waals surface area contributed by atoms with E-state index < -0.39 is 0 Å². The molecule has 0 aromatic rings. The summed E-state index contributed by atoms with van der Waals surface area (Å²) < 4.78 is 4.65. The van der Waals surface area contributed by atoms with E-state index in [0.717, 1.165) is 0 Å². The standard InChI is InChI=1S/C5H10N2O2/c1-2-9-4-3-5(8)7-6/h2H,1,3-4,6H2,(H,7,8). The molecule has 4 nitrogen and oxygen atoms in total. The number of carbonyl (C=O) groups excluding carboxylic acids is 1. The van der Waals surface area contributed by atoms with Crippen LogP contribution >= 0.6 is 0 Å². The Balaban J connectivity index is 3.06. The number of nitrogens with two attached hydrogens (primary N) is 1. The second kappa shape index (κ2) is 5.11. The summed E-state index contributed by atoms with van der Waals surface area (Å²) in [7, 11) is 0. The van der Waals surface area contributed by atoms with Crippen LogP contribution in [0.15, 0.2) is 12.8 Å². The number of ether oxygens (including phenoxy) is 1.